The van der Waals surface area contributed by atoms with E-state index in [0.29, 0.717) is 13.1 Å². The molecule has 0 atom stereocenters. The van der Waals surface area contributed by atoms with Crippen molar-refractivity contribution in [1.29, 1.82) is 0 Å². The van der Waals surface area contributed by atoms with E-state index in [4.69, 9.17) is 0 Å². The van der Waals surface area contributed by atoms with Gasteiger partial charge in [-0.15, -0.1) is 0 Å². The summed E-state index contributed by atoms with van der Waals surface area (Å²) in [6, 6.07) is 0. The molecule has 0 unspecified atom stereocenters. The van der Waals surface area contributed by atoms with Crippen molar-refractivity contribution >= 4 is 15.9 Å². The van der Waals surface area contributed by atoms with Crippen molar-refractivity contribution in [2.24, 2.45) is 0 Å². The maximum atomic E-state index is 11.8. The highest BCUT2D eigenvalue weighted by Crippen LogP contribution is 2.17. The van der Waals surface area contributed by atoms with Gasteiger partial charge in [-0.2, -0.15) is 4.98 Å². The Labute approximate surface area is 110 Å². The lowest BCUT2D eigenvalue weighted by atomic mass is 10.2. The Morgan fingerprint density at radius 3 is 2.76 bits per heavy atom. The third-order valence-electron chi connectivity index (χ3n) is 2.54. The first-order chi connectivity index (χ1) is 7.97. The molecule has 0 saturated heterocycles. The molecule has 0 aliphatic carbocycles. The van der Waals surface area contributed by atoms with E-state index in [0.717, 1.165) is 28.0 Å². The fourth-order valence-electron chi connectivity index (χ4n) is 1.54. The summed E-state index contributed by atoms with van der Waals surface area (Å²) in [5.41, 5.74) is 2.36. The molecule has 0 fully saturated rings. The van der Waals surface area contributed by atoms with Gasteiger partial charge in [0.15, 0.2) is 0 Å². The molecule has 0 amide bonds. The van der Waals surface area contributed by atoms with E-state index in [1.54, 1.807) is 4.57 Å². The molecule has 1 heterocycles. The molecule has 94 valence electrons. The first-order valence-electron chi connectivity index (χ1n) is 5.58. The predicted molar refractivity (Wildman–Crippen MR) is 73.4 cm³/mol. The summed E-state index contributed by atoms with van der Waals surface area (Å²) >= 11 is 3.44. The number of rotatable bonds is 5. The highest BCUT2D eigenvalue weighted by molar-refractivity contribution is 9.10. The van der Waals surface area contributed by atoms with Crippen molar-refractivity contribution in [3.63, 3.8) is 0 Å². The Morgan fingerprint density at radius 2 is 2.18 bits per heavy atom. The molecule has 0 bridgehead atoms. The predicted octanol–water partition coefficient (Wildman–Crippen LogP) is 1.79. The molecule has 5 heteroatoms. The van der Waals surface area contributed by atoms with E-state index < -0.39 is 0 Å². The van der Waals surface area contributed by atoms with Crippen LogP contribution in [0.2, 0.25) is 0 Å². The second kappa shape index (κ2) is 6.12. The lowest BCUT2D eigenvalue weighted by Crippen LogP contribution is -2.29. The lowest BCUT2D eigenvalue weighted by Gasteiger charge is -2.13. The summed E-state index contributed by atoms with van der Waals surface area (Å²) in [5, 5.41) is 3.19. The number of nitrogens with one attached hydrogen (secondary N) is 1. The van der Waals surface area contributed by atoms with Crippen molar-refractivity contribution in [2.75, 3.05) is 13.1 Å². The van der Waals surface area contributed by atoms with Crippen LogP contribution in [0.15, 0.2) is 21.4 Å². The SMILES string of the molecule is C=C(CNCC)Cn1c(C)c(Br)c(C)nc1=O. The molecule has 17 heavy (non-hydrogen) atoms. The van der Waals surface area contributed by atoms with Gasteiger partial charge in [-0.05, 0) is 41.9 Å². The lowest BCUT2D eigenvalue weighted by molar-refractivity contribution is 0.649. The van der Waals surface area contributed by atoms with Crippen LogP contribution >= 0.6 is 15.9 Å². The Bertz CT molecular complexity index is 479. The molecule has 1 N–H and O–H groups in total. The van der Waals surface area contributed by atoms with E-state index in [1.807, 2.05) is 20.8 Å². The molecule has 4 nitrogen and oxygen atoms in total. The van der Waals surface area contributed by atoms with Crippen LogP contribution in [0, 0.1) is 13.8 Å². The number of aromatic nitrogens is 2. The third-order valence-corrected chi connectivity index (χ3v) is 3.69. The van der Waals surface area contributed by atoms with Crippen LogP contribution in [0.5, 0.6) is 0 Å². The van der Waals surface area contributed by atoms with Gasteiger partial charge in [0, 0.05) is 18.8 Å². The number of likely N-dealkylation sites (N-methyl/N-ethyl adjacent to an activating group) is 1. The minimum Gasteiger partial charge on any atom is -0.313 e. The van der Waals surface area contributed by atoms with Crippen LogP contribution in [0.4, 0.5) is 0 Å². The quantitative estimate of drug-likeness (QED) is 0.843. The standard InChI is InChI=1S/C12H18BrN3O/c1-5-14-6-8(2)7-16-10(4)11(13)9(3)15-12(16)17/h14H,2,5-7H2,1,3-4H3. The third kappa shape index (κ3) is 3.51. The minimum atomic E-state index is -0.221. The number of nitrogens with zero attached hydrogens (tertiary/aromatic N) is 2. The maximum Gasteiger partial charge on any atom is 0.348 e. The highest BCUT2D eigenvalue weighted by Gasteiger charge is 2.09. The van der Waals surface area contributed by atoms with Crippen LogP contribution in [-0.4, -0.2) is 22.6 Å². The van der Waals surface area contributed by atoms with E-state index in [2.05, 4.69) is 32.8 Å². The number of hydrogen-bond acceptors (Lipinski definition) is 3. The Hall–Kier alpha value is -0.940. The monoisotopic (exact) mass is 299 g/mol. The fourth-order valence-corrected chi connectivity index (χ4v) is 1.85. The van der Waals surface area contributed by atoms with Crippen LogP contribution in [0.3, 0.4) is 0 Å². The molecule has 0 saturated carbocycles. The van der Waals surface area contributed by atoms with Crippen molar-refractivity contribution in [3.8, 4) is 0 Å². The normalized spacial score (nSPS) is 10.6. The topological polar surface area (TPSA) is 46.9 Å². The van der Waals surface area contributed by atoms with Gasteiger partial charge in [0.2, 0.25) is 0 Å². The molecule has 0 aromatic carbocycles. The maximum absolute atomic E-state index is 11.8. The number of aryl methyl sites for hydroxylation is 1. The summed E-state index contributed by atoms with van der Waals surface area (Å²) in [6.45, 7) is 11.8. The average Bonchev–Trinajstić information content (AvgIpc) is 2.29. The molecule has 1 aromatic heterocycles. The highest BCUT2D eigenvalue weighted by atomic mass is 79.9. The first-order valence-corrected chi connectivity index (χ1v) is 6.37. The second-order valence-corrected chi connectivity index (χ2v) is 4.79. The van der Waals surface area contributed by atoms with E-state index in [1.165, 1.54) is 0 Å². The smallest absolute Gasteiger partial charge is 0.313 e. The number of halogens is 1. The Balaban J connectivity index is 2.96. The van der Waals surface area contributed by atoms with Crippen LogP contribution in [0.25, 0.3) is 0 Å². The Morgan fingerprint density at radius 1 is 1.53 bits per heavy atom. The van der Waals surface area contributed by atoms with Gasteiger partial charge in [-0.1, -0.05) is 13.5 Å². The van der Waals surface area contributed by atoms with Crippen LogP contribution in [0.1, 0.15) is 18.3 Å². The van der Waals surface area contributed by atoms with Gasteiger partial charge in [0.1, 0.15) is 0 Å². The zero-order valence-electron chi connectivity index (χ0n) is 10.5. The average molecular weight is 300 g/mol. The van der Waals surface area contributed by atoms with Crippen LogP contribution < -0.4 is 11.0 Å². The Kier molecular flexibility index (Phi) is 5.08. The van der Waals surface area contributed by atoms with Crippen molar-refractivity contribution in [3.05, 3.63) is 38.5 Å². The summed E-state index contributed by atoms with van der Waals surface area (Å²) in [6.07, 6.45) is 0. The summed E-state index contributed by atoms with van der Waals surface area (Å²) in [7, 11) is 0. The van der Waals surface area contributed by atoms with Gasteiger partial charge < -0.3 is 5.32 Å². The zero-order chi connectivity index (χ0) is 13.0. The van der Waals surface area contributed by atoms with Crippen molar-refractivity contribution in [2.45, 2.75) is 27.3 Å². The van der Waals surface area contributed by atoms with Gasteiger partial charge in [-0.25, -0.2) is 4.79 Å². The molecule has 1 aromatic rings. The first kappa shape index (κ1) is 14.1. The number of hydrogen-bond donors (Lipinski definition) is 1. The van der Waals surface area contributed by atoms with Crippen molar-refractivity contribution < 1.29 is 0 Å². The molecule has 0 spiro atoms. The molecular formula is C12H18BrN3O. The van der Waals surface area contributed by atoms with Crippen LogP contribution in [-0.2, 0) is 6.54 Å². The van der Waals surface area contributed by atoms with E-state index in [-0.39, 0.29) is 5.69 Å². The van der Waals surface area contributed by atoms with E-state index >= 15 is 0 Å². The molecule has 0 aliphatic rings. The zero-order valence-corrected chi connectivity index (χ0v) is 12.1. The molecular weight excluding hydrogens is 282 g/mol. The van der Waals surface area contributed by atoms with Gasteiger partial charge >= 0.3 is 5.69 Å². The fraction of sp³-hybridized carbons (Fsp3) is 0.500. The molecule has 0 aliphatic heterocycles. The summed E-state index contributed by atoms with van der Waals surface area (Å²) < 4.78 is 2.52. The summed E-state index contributed by atoms with van der Waals surface area (Å²) in [5.74, 6) is 0. The van der Waals surface area contributed by atoms with Gasteiger partial charge in [0.25, 0.3) is 0 Å². The molecule has 0 radical (unpaired) electrons. The second-order valence-electron chi connectivity index (χ2n) is 4.00. The summed E-state index contributed by atoms with van der Waals surface area (Å²) in [4.78, 5) is 15.8. The van der Waals surface area contributed by atoms with Crippen molar-refractivity contribution in [1.82, 2.24) is 14.9 Å². The van der Waals surface area contributed by atoms with E-state index in [9.17, 15) is 4.79 Å². The van der Waals surface area contributed by atoms with Gasteiger partial charge in [0.05, 0.1) is 10.2 Å². The van der Waals surface area contributed by atoms with Gasteiger partial charge in [-0.3, -0.25) is 4.57 Å². The minimum absolute atomic E-state index is 0.221. The molecule has 1 rings (SSSR count). The largest absolute Gasteiger partial charge is 0.348 e.